The van der Waals surface area contributed by atoms with Gasteiger partial charge in [-0.25, -0.2) is 4.68 Å². The predicted molar refractivity (Wildman–Crippen MR) is 78.2 cm³/mol. The van der Waals surface area contributed by atoms with Crippen molar-refractivity contribution in [2.24, 2.45) is 0 Å². The lowest BCUT2D eigenvalue weighted by Gasteiger charge is -2.04. The standard InChI is InChI=1S/C14H14N4O2S/c1-19-12-5-2-4-11(8-12)10-21-14-15-16-17-18(14)9-13-6-3-7-20-13/h2-8H,9-10H2,1H3. The van der Waals surface area contributed by atoms with Crippen LogP contribution in [0.3, 0.4) is 0 Å². The molecule has 0 aliphatic carbocycles. The molecule has 0 radical (unpaired) electrons. The molecule has 0 saturated heterocycles. The van der Waals surface area contributed by atoms with Crippen LogP contribution in [0.15, 0.2) is 52.2 Å². The van der Waals surface area contributed by atoms with Gasteiger partial charge in [0.15, 0.2) is 0 Å². The van der Waals surface area contributed by atoms with Crippen molar-refractivity contribution in [1.82, 2.24) is 20.2 Å². The largest absolute Gasteiger partial charge is 0.497 e. The maximum Gasteiger partial charge on any atom is 0.210 e. The van der Waals surface area contributed by atoms with Gasteiger partial charge in [0.2, 0.25) is 5.16 Å². The fourth-order valence-corrected chi connectivity index (χ4v) is 2.68. The summed E-state index contributed by atoms with van der Waals surface area (Å²) in [6.45, 7) is 0.528. The molecule has 0 amide bonds. The van der Waals surface area contributed by atoms with Crippen LogP contribution in [-0.2, 0) is 12.3 Å². The van der Waals surface area contributed by atoms with Crippen molar-refractivity contribution in [2.45, 2.75) is 17.5 Å². The fourth-order valence-electron chi connectivity index (χ4n) is 1.86. The summed E-state index contributed by atoms with van der Waals surface area (Å²) < 4.78 is 12.3. The monoisotopic (exact) mass is 302 g/mol. The Balaban J connectivity index is 1.66. The number of hydrogen-bond acceptors (Lipinski definition) is 6. The molecule has 0 atom stereocenters. The Hall–Kier alpha value is -2.28. The van der Waals surface area contributed by atoms with Crippen molar-refractivity contribution in [3.8, 4) is 5.75 Å². The number of tetrazole rings is 1. The van der Waals surface area contributed by atoms with Gasteiger partial charge >= 0.3 is 0 Å². The molecule has 3 rings (SSSR count). The van der Waals surface area contributed by atoms with Crippen molar-refractivity contribution < 1.29 is 9.15 Å². The third-order valence-electron chi connectivity index (χ3n) is 2.89. The van der Waals surface area contributed by atoms with E-state index in [0.717, 1.165) is 28.0 Å². The number of hydrogen-bond donors (Lipinski definition) is 0. The van der Waals surface area contributed by atoms with Gasteiger partial charge < -0.3 is 9.15 Å². The highest BCUT2D eigenvalue weighted by Gasteiger charge is 2.09. The summed E-state index contributed by atoms with van der Waals surface area (Å²) in [6, 6.07) is 11.7. The first-order chi connectivity index (χ1) is 10.3. The van der Waals surface area contributed by atoms with Crippen LogP contribution < -0.4 is 4.74 Å². The summed E-state index contributed by atoms with van der Waals surface area (Å²) in [7, 11) is 1.66. The molecule has 0 N–H and O–H groups in total. The van der Waals surface area contributed by atoms with Crippen molar-refractivity contribution in [2.75, 3.05) is 7.11 Å². The molecule has 0 unspecified atom stereocenters. The van der Waals surface area contributed by atoms with Crippen LogP contribution in [0, 0.1) is 0 Å². The Morgan fingerprint density at radius 2 is 2.24 bits per heavy atom. The molecule has 108 valence electrons. The first kappa shape index (κ1) is 13.7. The van der Waals surface area contributed by atoms with E-state index in [-0.39, 0.29) is 0 Å². The summed E-state index contributed by atoms with van der Waals surface area (Å²) in [4.78, 5) is 0. The molecular weight excluding hydrogens is 288 g/mol. The van der Waals surface area contributed by atoms with Crippen molar-refractivity contribution >= 4 is 11.8 Å². The Morgan fingerprint density at radius 3 is 3.05 bits per heavy atom. The van der Waals surface area contributed by atoms with E-state index in [1.165, 1.54) is 0 Å². The highest BCUT2D eigenvalue weighted by molar-refractivity contribution is 7.98. The number of ether oxygens (including phenoxy) is 1. The fraction of sp³-hybridized carbons (Fsp3) is 0.214. The quantitative estimate of drug-likeness (QED) is 0.652. The summed E-state index contributed by atoms with van der Waals surface area (Å²) in [5, 5.41) is 12.5. The van der Waals surface area contributed by atoms with E-state index in [4.69, 9.17) is 9.15 Å². The number of thioether (sulfide) groups is 1. The molecule has 7 heteroatoms. The smallest absolute Gasteiger partial charge is 0.210 e. The van der Waals surface area contributed by atoms with Crippen molar-refractivity contribution in [1.29, 1.82) is 0 Å². The van der Waals surface area contributed by atoms with Gasteiger partial charge in [-0.15, -0.1) is 5.10 Å². The van der Waals surface area contributed by atoms with E-state index in [9.17, 15) is 0 Å². The summed E-state index contributed by atoms with van der Waals surface area (Å²) in [5.74, 6) is 2.45. The third kappa shape index (κ3) is 3.43. The van der Waals surface area contributed by atoms with E-state index in [2.05, 4.69) is 21.6 Å². The summed E-state index contributed by atoms with van der Waals surface area (Å²) in [5.41, 5.74) is 1.16. The number of aromatic nitrogens is 4. The van der Waals surface area contributed by atoms with Gasteiger partial charge in [0.25, 0.3) is 0 Å². The first-order valence-corrected chi connectivity index (χ1v) is 7.38. The van der Waals surface area contributed by atoms with Crippen molar-refractivity contribution in [3.05, 3.63) is 54.0 Å². The lowest BCUT2D eigenvalue weighted by atomic mass is 10.2. The molecule has 2 aromatic heterocycles. The van der Waals surface area contributed by atoms with Gasteiger partial charge in [-0.1, -0.05) is 23.9 Å². The van der Waals surface area contributed by atoms with E-state index < -0.39 is 0 Å². The maximum absolute atomic E-state index is 5.31. The van der Waals surface area contributed by atoms with Gasteiger partial charge in [0, 0.05) is 5.75 Å². The van der Waals surface area contributed by atoms with Crippen LogP contribution in [0.1, 0.15) is 11.3 Å². The normalized spacial score (nSPS) is 10.7. The number of furan rings is 1. The maximum atomic E-state index is 5.31. The van der Waals surface area contributed by atoms with E-state index in [1.54, 1.807) is 29.8 Å². The second-order valence-electron chi connectivity index (χ2n) is 4.34. The molecule has 1 aromatic carbocycles. The van der Waals surface area contributed by atoms with Gasteiger partial charge in [-0.2, -0.15) is 0 Å². The number of nitrogens with zero attached hydrogens (tertiary/aromatic N) is 4. The summed E-state index contributed by atoms with van der Waals surface area (Å²) >= 11 is 1.58. The second-order valence-corrected chi connectivity index (χ2v) is 5.28. The van der Waals surface area contributed by atoms with E-state index in [0.29, 0.717) is 6.54 Å². The molecule has 21 heavy (non-hydrogen) atoms. The van der Waals surface area contributed by atoms with Crippen LogP contribution in [0.4, 0.5) is 0 Å². The molecule has 0 saturated carbocycles. The molecule has 0 aliphatic rings. The van der Waals surface area contributed by atoms with Crippen LogP contribution in [-0.4, -0.2) is 27.3 Å². The number of methoxy groups -OCH3 is 1. The molecule has 6 nitrogen and oxygen atoms in total. The third-order valence-corrected chi connectivity index (χ3v) is 3.92. The van der Waals surface area contributed by atoms with Gasteiger partial charge in [0.1, 0.15) is 18.1 Å². The highest BCUT2D eigenvalue weighted by Crippen LogP contribution is 2.23. The Kier molecular flexibility index (Phi) is 4.20. The zero-order valence-corrected chi connectivity index (χ0v) is 12.3. The average molecular weight is 302 g/mol. The molecule has 0 spiro atoms. The SMILES string of the molecule is COc1cccc(CSc2nnnn2Cc2ccco2)c1. The highest BCUT2D eigenvalue weighted by atomic mass is 32.2. The van der Waals surface area contributed by atoms with Crippen molar-refractivity contribution in [3.63, 3.8) is 0 Å². The van der Waals surface area contributed by atoms with Crippen LogP contribution in [0.2, 0.25) is 0 Å². The topological polar surface area (TPSA) is 66.0 Å². The van der Waals surface area contributed by atoms with E-state index in [1.807, 2.05) is 30.3 Å². The minimum atomic E-state index is 0.528. The lowest BCUT2D eigenvalue weighted by Crippen LogP contribution is -2.03. The second kappa shape index (κ2) is 6.45. The summed E-state index contributed by atoms with van der Waals surface area (Å²) in [6.07, 6.45) is 1.64. The van der Waals surface area contributed by atoms with Gasteiger partial charge in [0.05, 0.1) is 13.4 Å². The number of rotatable bonds is 6. The molecule has 3 aromatic rings. The molecule has 0 fully saturated rings. The van der Waals surface area contributed by atoms with Gasteiger partial charge in [-0.05, 0) is 40.3 Å². The molecular formula is C14H14N4O2S. The first-order valence-electron chi connectivity index (χ1n) is 6.39. The zero-order valence-electron chi connectivity index (χ0n) is 11.5. The molecule has 0 bridgehead atoms. The van der Waals surface area contributed by atoms with Crippen LogP contribution in [0.5, 0.6) is 5.75 Å². The Bertz CT molecular complexity index is 697. The lowest BCUT2D eigenvalue weighted by molar-refractivity contribution is 0.414. The Morgan fingerprint density at radius 1 is 1.29 bits per heavy atom. The molecule has 2 heterocycles. The minimum absolute atomic E-state index is 0.528. The average Bonchev–Trinajstić information content (AvgIpc) is 3.18. The zero-order chi connectivity index (χ0) is 14.5. The minimum Gasteiger partial charge on any atom is -0.497 e. The van der Waals surface area contributed by atoms with Crippen LogP contribution >= 0.6 is 11.8 Å². The Labute approximate surface area is 126 Å². The van der Waals surface area contributed by atoms with E-state index >= 15 is 0 Å². The number of benzene rings is 1. The van der Waals surface area contributed by atoms with Crippen LogP contribution in [0.25, 0.3) is 0 Å². The predicted octanol–water partition coefficient (Wildman–Crippen LogP) is 2.62. The van der Waals surface area contributed by atoms with Gasteiger partial charge in [-0.3, -0.25) is 0 Å². The molecule has 0 aliphatic heterocycles.